The molecule has 1 aliphatic rings. The first kappa shape index (κ1) is 14.5. The van der Waals surface area contributed by atoms with Crippen LogP contribution in [0.25, 0.3) is 0 Å². The summed E-state index contributed by atoms with van der Waals surface area (Å²) in [4.78, 5) is 14.1. The average Bonchev–Trinajstić information content (AvgIpc) is 2.38. The molecule has 1 unspecified atom stereocenters. The highest BCUT2D eigenvalue weighted by Crippen LogP contribution is 2.28. The van der Waals surface area contributed by atoms with Crippen LogP contribution in [0.2, 0.25) is 0 Å². The average molecular weight is 243 g/mol. The Morgan fingerprint density at radius 1 is 1.24 bits per heavy atom. The van der Waals surface area contributed by atoms with Gasteiger partial charge in [-0.3, -0.25) is 4.90 Å². The maximum absolute atomic E-state index is 11.7. The van der Waals surface area contributed by atoms with Crippen molar-refractivity contribution in [1.29, 1.82) is 0 Å². The van der Waals surface area contributed by atoms with Gasteiger partial charge in [0, 0.05) is 25.6 Å². The first-order valence-electron chi connectivity index (χ1n) is 6.55. The Hall–Kier alpha value is -0.610. The Morgan fingerprint density at radius 3 is 2.24 bits per heavy atom. The summed E-state index contributed by atoms with van der Waals surface area (Å²) in [6.07, 6.45) is 0.282. The van der Waals surface area contributed by atoms with E-state index in [-0.39, 0.29) is 10.0 Å². The largest absolute Gasteiger partial charge is 0.514 e. The molecule has 17 heavy (non-hydrogen) atoms. The van der Waals surface area contributed by atoms with E-state index in [1.165, 1.54) is 0 Å². The monoisotopic (exact) mass is 243 g/mol. The number of quaternary nitrogens is 1. The summed E-state index contributed by atoms with van der Waals surface area (Å²) in [5, 5.41) is 9.63. The second kappa shape index (κ2) is 4.94. The highest BCUT2D eigenvalue weighted by atomic mass is 16.4. The van der Waals surface area contributed by atoms with Crippen molar-refractivity contribution >= 4 is 6.09 Å². The molecule has 1 N–H and O–H groups in total. The predicted molar refractivity (Wildman–Crippen MR) is 69.1 cm³/mol. The molecule has 1 aliphatic heterocycles. The molecule has 0 spiro atoms. The molecule has 0 aromatic carbocycles. The molecule has 0 radical (unpaired) electrons. The minimum Gasteiger partial charge on any atom is -0.435 e. The number of hydrogen-bond donors (Lipinski definition) is 1. The van der Waals surface area contributed by atoms with Gasteiger partial charge in [0.05, 0.1) is 6.54 Å². The van der Waals surface area contributed by atoms with Gasteiger partial charge in [-0.15, -0.1) is 0 Å². The van der Waals surface area contributed by atoms with Gasteiger partial charge in [-0.2, -0.15) is 4.79 Å². The van der Waals surface area contributed by atoms with E-state index in [1.807, 2.05) is 20.8 Å². The summed E-state index contributed by atoms with van der Waals surface area (Å²) < 4.78 is 0.191. The molecule has 1 saturated heterocycles. The van der Waals surface area contributed by atoms with E-state index in [4.69, 9.17) is 0 Å². The molecular weight excluding hydrogens is 216 g/mol. The lowest BCUT2D eigenvalue weighted by Crippen LogP contribution is -2.64. The molecule has 0 aromatic rings. The molecule has 1 fully saturated rings. The van der Waals surface area contributed by atoms with Gasteiger partial charge < -0.3 is 5.11 Å². The van der Waals surface area contributed by atoms with Gasteiger partial charge in [0.2, 0.25) is 0 Å². The van der Waals surface area contributed by atoms with E-state index in [1.54, 1.807) is 0 Å². The summed E-state index contributed by atoms with van der Waals surface area (Å²) in [7, 11) is 0. The lowest BCUT2D eigenvalue weighted by molar-refractivity contribution is -0.901. The Balaban J connectivity index is 2.92. The van der Waals surface area contributed by atoms with Crippen LogP contribution in [0.15, 0.2) is 0 Å². The van der Waals surface area contributed by atoms with Gasteiger partial charge in [0.25, 0.3) is 0 Å². The van der Waals surface area contributed by atoms with E-state index < -0.39 is 6.09 Å². The third kappa shape index (κ3) is 2.80. The molecule has 4 nitrogen and oxygen atoms in total. The van der Waals surface area contributed by atoms with Crippen molar-refractivity contribution < 1.29 is 14.4 Å². The smallest absolute Gasteiger partial charge is 0.435 e. The van der Waals surface area contributed by atoms with Crippen LogP contribution >= 0.6 is 0 Å². The molecular formula is C13H27N2O2+. The normalized spacial score (nSPS) is 28.1. The molecule has 100 valence electrons. The van der Waals surface area contributed by atoms with Crippen molar-refractivity contribution in [3.8, 4) is 0 Å². The van der Waals surface area contributed by atoms with Crippen LogP contribution in [0, 0.1) is 0 Å². The minimum atomic E-state index is -0.678. The maximum Gasteiger partial charge on any atom is 0.514 e. The number of carboxylic acid groups (broad SMARTS) is 1. The van der Waals surface area contributed by atoms with Crippen LogP contribution in [-0.4, -0.2) is 58.3 Å². The zero-order chi connectivity index (χ0) is 13.3. The predicted octanol–water partition coefficient (Wildman–Crippen LogP) is 2.39. The SMILES string of the molecule is CC(C)N1CCC[N+](C(=O)O)(C(C)(C)C)CC1. The fraction of sp³-hybridized carbons (Fsp3) is 0.923. The van der Waals surface area contributed by atoms with Gasteiger partial charge in [0.15, 0.2) is 0 Å². The molecule has 0 aromatic heterocycles. The summed E-state index contributed by atoms with van der Waals surface area (Å²) in [6.45, 7) is 13.8. The zero-order valence-electron chi connectivity index (χ0n) is 11.9. The Morgan fingerprint density at radius 2 is 1.82 bits per heavy atom. The summed E-state index contributed by atoms with van der Waals surface area (Å²) in [5.41, 5.74) is -0.237. The molecule has 0 saturated carbocycles. The molecule has 1 atom stereocenters. The van der Waals surface area contributed by atoms with Gasteiger partial charge in [-0.05, 0) is 34.6 Å². The summed E-state index contributed by atoms with van der Waals surface area (Å²) in [6, 6.07) is 0.503. The molecule has 0 bridgehead atoms. The van der Waals surface area contributed by atoms with Gasteiger partial charge in [-0.1, -0.05) is 0 Å². The highest BCUT2D eigenvalue weighted by molar-refractivity contribution is 5.57. The third-order valence-electron chi connectivity index (χ3n) is 4.13. The Bertz CT molecular complexity index is 284. The lowest BCUT2D eigenvalue weighted by Gasteiger charge is -2.43. The molecule has 4 heteroatoms. The first-order valence-corrected chi connectivity index (χ1v) is 6.55. The van der Waals surface area contributed by atoms with Crippen LogP contribution < -0.4 is 0 Å². The van der Waals surface area contributed by atoms with Gasteiger partial charge in [-0.25, -0.2) is 4.48 Å². The Labute approximate surface area is 105 Å². The second-order valence-electron chi connectivity index (χ2n) is 6.35. The van der Waals surface area contributed by atoms with Crippen molar-refractivity contribution in [1.82, 2.24) is 4.90 Å². The lowest BCUT2D eigenvalue weighted by atomic mass is 10.0. The van der Waals surface area contributed by atoms with E-state index >= 15 is 0 Å². The highest BCUT2D eigenvalue weighted by Gasteiger charge is 2.48. The topological polar surface area (TPSA) is 40.5 Å². The van der Waals surface area contributed by atoms with Crippen LogP contribution in [-0.2, 0) is 0 Å². The standard InChI is InChI=1S/C13H26N2O2/c1-11(2)14-7-6-9-15(10-8-14,12(16)17)13(3,4)5/h11H,6-10H2,1-5H3/p+1. The number of rotatable bonds is 1. The number of hydrogen-bond acceptors (Lipinski definition) is 2. The Kier molecular flexibility index (Phi) is 4.20. The quantitative estimate of drug-likeness (QED) is 0.719. The number of carbonyl (C=O) groups is 1. The maximum atomic E-state index is 11.7. The molecule has 0 aliphatic carbocycles. The summed E-state index contributed by atoms with van der Waals surface area (Å²) in [5.74, 6) is 0. The number of nitrogens with zero attached hydrogens (tertiary/aromatic N) is 2. The second-order valence-corrected chi connectivity index (χ2v) is 6.35. The fourth-order valence-electron chi connectivity index (χ4n) is 2.73. The fourth-order valence-corrected chi connectivity index (χ4v) is 2.73. The van der Waals surface area contributed by atoms with E-state index in [9.17, 15) is 9.90 Å². The van der Waals surface area contributed by atoms with Crippen LogP contribution in [0.3, 0.4) is 0 Å². The first-order chi connectivity index (χ1) is 7.71. The van der Waals surface area contributed by atoms with E-state index in [2.05, 4.69) is 18.7 Å². The van der Waals surface area contributed by atoms with Crippen molar-refractivity contribution in [2.75, 3.05) is 26.2 Å². The zero-order valence-corrected chi connectivity index (χ0v) is 11.9. The van der Waals surface area contributed by atoms with Crippen LogP contribution in [0.1, 0.15) is 41.0 Å². The van der Waals surface area contributed by atoms with Crippen molar-refractivity contribution in [2.45, 2.75) is 52.6 Å². The van der Waals surface area contributed by atoms with Gasteiger partial charge in [0.1, 0.15) is 12.1 Å². The van der Waals surface area contributed by atoms with Crippen LogP contribution in [0.4, 0.5) is 4.79 Å². The van der Waals surface area contributed by atoms with E-state index in [0.717, 1.165) is 26.1 Å². The third-order valence-corrected chi connectivity index (χ3v) is 4.13. The summed E-state index contributed by atoms with van der Waals surface area (Å²) >= 11 is 0. The van der Waals surface area contributed by atoms with Crippen molar-refractivity contribution in [3.05, 3.63) is 0 Å². The molecule has 1 heterocycles. The number of amides is 1. The van der Waals surface area contributed by atoms with Crippen molar-refractivity contribution in [3.63, 3.8) is 0 Å². The molecule has 1 amide bonds. The molecule has 1 rings (SSSR count). The van der Waals surface area contributed by atoms with Crippen LogP contribution in [0.5, 0.6) is 0 Å². The minimum absolute atomic E-state index is 0.191. The van der Waals surface area contributed by atoms with Crippen molar-refractivity contribution in [2.24, 2.45) is 0 Å². The van der Waals surface area contributed by atoms with E-state index in [0.29, 0.717) is 12.6 Å². The van der Waals surface area contributed by atoms with Gasteiger partial charge >= 0.3 is 6.09 Å².